The summed E-state index contributed by atoms with van der Waals surface area (Å²) in [6, 6.07) is 0.468. The van der Waals surface area contributed by atoms with Crippen LogP contribution < -0.4 is 5.32 Å². The number of carbonyl (C=O) groups excluding carboxylic acids is 1. The smallest absolute Gasteiger partial charge is 0.220 e. The van der Waals surface area contributed by atoms with Gasteiger partial charge in [-0.1, -0.05) is 40.0 Å². The number of amides is 1. The molecule has 0 saturated heterocycles. The van der Waals surface area contributed by atoms with Gasteiger partial charge in [-0.25, -0.2) is 0 Å². The van der Waals surface area contributed by atoms with Crippen molar-refractivity contribution in [2.75, 3.05) is 0 Å². The van der Waals surface area contributed by atoms with Crippen LogP contribution in [0.25, 0.3) is 0 Å². The van der Waals surface area contributed by atoms with Crippen LogP contribution in [0, 0.1) is 5.41 Å². The van der Waals surface area contributed by atoms with Gasteiger partial charge in [0, 0.05) is 12.5 Å². The molecule has 0 aromatic rings. The second-order valence-corrected chi connectivity index (χ2v) is 6.32. The molecule has 0 aliphatic heterocycles. The first-order chi connectivity index (χ1) is 7.47. The van der Waals surface area contributed by atoms with E-state index in [0.717, 1.165) is 12.8 Å². The van der Waals surface area contributed by atoms with Crippen molar-refractivity contribution >= 4 is 5.91 Å². The Labute approximate surface area is 100 Å². The lowest BCUT2D eigenvalue weighted by Gasteiger charge is -2.23. The molecule has 0 aromatic heterocycles. The van der Waals surface area contributed by atoms with Crippen LogP contribution in [0.15, 0.2) is 0 Å². The molecule has 1 N–H and O–H groups in total. The SMILES string of the molecule is CC(C)(C)CCCC(=O)NC1CCCCC1. The quantitative estimate of drug-likeness (QED) is 0.777. The molecule has 0 atom stereocenters. The Morgan fingerprint density at radius 3 is 2.38 bits per heavy atom. The minimum Gasteiger partial charge on any atom is -0.353 e. The van der Waals surface area contributed by atoms with Crippen molar-refractivity contribution in [1.29, 1.82) is 0 Å². The molecule has 0 spiro atoms. The minimum atomic E-state index is 0.260. The Kier molecular flexibility index (Phi) is 5.30. The molecule has 0 bridgehead atoms. The van der Waals surface area contributed by atoms with E-state index in [4.69, 9.17) is 0 Å². The van der Waals surface area contributed by atoms with Crippen molar-refractivity contribution in [3.63, 3.8) is 0 Å². The van der Waals surface area contributed by atoms with Gasteiger partial charge >= 0.3 is 0 Å². The molecule has 2 heteroatoms. The van der Waals surface area contributed by atoms with Crippen LogP contribution in [-0.2, 0) is 4.79 Å². The third-order valence-electron chi connectivity index (χ3n) is 3.30. The molecule has 2 nitrogen and oxygen atoms in total. The molecular formula is C14H27NO. The summed E-state index contributed by atoms with van der Waals surface area (Å²) in [4.78, 5) is 11.7. The van der Waals surface area contributed by atoms with Crippen LogP contribution in [0.2, 0.25) is 0 Å². The summed E-state index contributed by atoms with van der Waals surface area (Å²) in [7, 11) is 0. The second kappa shape index (κ2) is 6.27. The van der Waals surface area contributed by atoms with Gasteiger partial charge in [0.1, 0.15) is 0 Å². The molecule has 1 rings (SSSR count). The number of rotatable bonds is 4. The van der Waals surface area contributed by atoms with E-state index in [0.29, 0.717) is 17.9 Å². The van der Waals surface area contributed by atoms with Gasteiger partial charge in [-0.15, -0.1) is 0 Å². The van der Waals surface area contributed by atoms with Crippen molar-refractivity contribution in [3.05, 3.63) is 0 Å². The molecule has 1 amide bonds. The van der Waals surface area contributed by atoms with Crippen LogP contribution in [0.3, 0.4) is 0 Å². The van der Waals surface area contributed by atoms with Gasteiger partial charge in [-0.2, -0.15) is 0 Å². The number of hydrogen-bond acceptors (Lipinski definition) is 1. The topological polar surface area (TPSA) is 29.1 Å². The predicted octanol–water partition coefficient (Wildman–Crippen LogP) is 3.65. The summed E-state index contributed by atoms with van der Waals surface area (Å²) in [6.45, 7) is 6.68. The van der Waals surface area contributed by atoms with Crippen molar-refractivity contribution < 1.29 is 4.79 Å². The Morgan fingerprint density at radius 1 is 1.19 bits per heavy atom. The summed E-state index contributed by atoms with van der Waals surface area (Å²) in [5, 5.41) is 3.17. The highest BCUT2D eigenvalue weighted by atomic mass is 16.1. The zero-order valence-corrected chi connectivity index (χ0v) is 11.1. The van der Waals surface area contributed by atoms with Crippen molar-refractivity contribution in [2.24, 2.45) is 5.41 Å². The van der Waals surface area contributed by atoms with E-state index in [-0.39, 0.29) is 5.91 Å². The molecular weight excluding hydrogens is 198 g/mol. The highest BCUT2D eigenvalue weighted by molar-refractivity contribution is 5.76. The van der Waals surface area contributed by atoms with E-state index in [1.165, 1.54) is 32.1 Å². The zero-order valence-electron chi connectivity index (χ0n) is 11.1. The number of nitrogens with one attached hydrogen (secondary N) is 1. The van der Waals surface area contributed by atoms with Crippen molar-refractivity contribution in [2.45, 2.75) is 78.2 Å². The van der Waals surface area contributed by atoms with Crippen molar-refractivity contribution in [3.8, 4) is 0 Å². The Morgan fingerprint density at radius 2 is 1.81 bits per heavy atom. The van der Waals surface area contributed by atoms with E-state index in [1.807, 2.05) is 0 Å². The maximum Gasteiger partial charge on any atom is 0.220 e. The molecule has 0 heterocycles. The Bertz CT molecular complexity index is 211. The summed E-state index contributed by atoms with van der Waals surface area (Å²) in [6.07, 6.45) is 9.13. The minimum absolute atomic E-state index is 0.260. The molecule has 94 valence electrons. The fourth-order valence-corrected chi connectivity index (χ4v) is 2.33. The van der Waals surface area contributed by atoms with E-state index < -0.39 is 0 Å². The normalized spacial score (nSPS) is 18.4. The van der Waals surface area contributed by atoms with Gasteiger partial charge in [-0.3, -0.25) is 4.79 Å². The fourth-order valence-electron chi connectivity index (χ4n) is 2.33. The molecule has 1 fully saturated rings. The molecule has 1 aliphatic rings. The Balaban J connectivity index is 2.10. The Hall–Kier alpha value is -0.530. The summed E-state index contributed by atoms with van der Waals surface area (Å²) in [5.41, 5.74) is 0.352. The van der Waals surface area contributed by atoms with Gasteiger partial charge in [0.05, 0.1) is 0 Å². The van der Waals surface area contributed by atoms with Gasteiger partial charge in [0.25, 0.3) is 0 Å². The van der Waals surface area contributed by atoms with Crippen LogP contribution >= 0.6 is 0 Å². The maximum atomic E-state index is 11.7. The maximum absolute atomic E-state index is 11.7. The van der Waals surface area contributed by atoms with Gasteiger partial charge in [0.2, 0.25) is 5.91 Å². The largest absolute Gasteiger partial charge is 0.353 e. The fraction of sp³-hybridized carbons (Fsp3) is 0.929. The predicted molar refractivity (Wildman–Crippen MR) is 68.3 cm³/mol. The van der Waals surface area contributed by atoms with Gasteiger partial charge in [-0.05, 0) is 31.1 Å². The highest BCUT2D eigenvalue weighted by Gasteiger charge is 2.16. The third-order valence-corrected chi connectivity index (χ3v) is 3.30. The second-order valence-electron chi connectivity index (χ2n) is 6.32. The first kappa shape index (κ1) is 13.5. The molecule has 0 unspecified atom stereocenters. The zero-order chi connectivity index (χ0) is 12.0. The van der Waals surface area contributed by atoms with Gasteiger partial charge in [0.15, 0.2) is 0 Å². The first-order valence-corrected chi connectivity index (χ1v) is 6.77. The van der Waals surface area contributed by atoms with E-state index in [2.05, 4.69) is 26.1 Å². The number of hydrogen-bond donors (Lipinski definition) is 1. The van der Waals surface area contributed by atoms with E-state index in [1.54, 1.807) is 0 Å². The lowest BCUT2D eigenvalue weighted by Crippen LogP contribution is -2.36. The number of carbonyl (C=O) groups is 1. The summed E-state index contributed by atoms with van der Waals surface area (Å²) in [5.74, 6) is 0.260. The van der Waals surface area contributed by atoms with Crippen molar-refractivity contribution in [1.82, 2.24) is 5.32 Å². The summed E-state index contributed by atoms with van der Waals surface area (Å²) < 4.78 is 0. The lowest BCUT2D eigenvalue weighted by molar-refractivity contribution is -0.122. The average Bonchev–Trinajstić information content (AvgIpc) is 2.17. The van der Waals surface area contributed by atoms with Gasteiger partial charge < -0.3 is 5.32 Å². The first-order valence-electron chi connectivity index (χ1n) is 6.77. The highest BCUT2D eigenvalue weighted by Crippen LogP contribution is 2.22. The standard InChI is InChI=1S/C14H27NO/c1-14(2,3)11-7-10-13(16)15-12-8-5-4-6-9-12/h12H,4-11H2,1-3H3,(H,15,16). The molecule has 0 aromatic carbocycles. The lowest BCUT2D eigenvalue weighted by atomic mass is 9.89. The van der Waals surface area contributed by atoms with E-state index in [9.17, 15) is 4.79 Å². The molecule has 0 radical (unpaired) electrons. The molecule has 1 aliphatic carbocycles. The van der Waals surface area contributed by atoms with Crippen LogP contribution in [-0.4, -0.2) is 11.9 Å². The van der Waals surface area contributed by atoms with Crippen LogP contribution in [0.4, 0.5) is 0 Å². The molecule has 1 saturated carbocycles. The summed E-state index contributed by atoms with van der Waals surface area (Å²) >= 11 is 0. The third kappa shape index (κ3) is 6.14. The average molecular weight is 225 g/mol. The van der Waals surface area contributed by atoms with E-state index >= 15 is 0 Å². The monoisotopic (exact) mass is 225 g/mol. The molecule has 16 heavy (non-hydrogen) atoms. The van der Waals surface area contributed by atoms with Crippen LogP contribution in [0.5, 0.6) is 0 Å². The van der Waals surface area contributed by atoms with Crippen LogP contribution in [0.1, 0.15) is 72.1 Å².